The van der Waals surface area contributed by atoms with Gasteiger partial charge in [0.1, 0.15) is 10.8 Å². The van der Waals surface area contributed by atoms with Gasteiger partial charge in [-0.25, -0.2) is 4.98 Å². The largest absolute Gasteiger partial charge is 0.497 e. The van der Waals surface area contributed by atoms with Gasteiger partial charge in [-0.1, -0.05) is 12.1 Å². The number of amides is 1. The number of thiazole rings is 1. The number of para-hydroxylation sites is 1. The number of nitrogens with zero attached hydrogens (tertiary/aromatic N) is 2. The standard InChI is InChI=1S/C21H23N3O2S2/c1-24(13-20(25)23-18-6-4-5-7-19(18)27-3)12-16-14-28-21(22-16)15-8-10-17(26-2)11-9-15/h4-11,14H,12-13H2,1-3H3,(H,23,25). The molecule has 0 unspecified atom stereocenters. The first-order valence-corrected chi connectivity index (χ1v) is 10.9. The predicted molar refractivity (Wildman–Crippen MR) is 117 cm³/mol. The molecule has 1 N–H and O–H groups in total. The van der Waals surface area contributed by atoms with Crippen molar-refractivity contribution >= 4 is 34.7 Å². The smallest absolute Gasteiger partial charge is 0.238 e. The second-order valence-electron chi connectivity index (χ2n) is 6.29. The third-order valence-electron chi connectivity index (χ3n) is 4.12. The molecule has 0 saturated heterocycles. The Morgan fingerprint density at radius 3 is 2.68 bits per heavy atom. The van der Waals surface area contributed by atoms with Crippen LogP contribution in [0.15, 0.2) is 58.8 Å². The number of rotatable bonds is 8. The van der Waals surface area contributed by atoms with Gasteiger partial charge in [0.2, 0.25) is 5.91 Å². The number of methoxy groups -OCH3 is 1. The highest BCUT2D eigenvalue weighted by atomic mass is 32.2. The van der Waals surface area contributed by atoms with E-state index in [2.05, 4.69) is 5.32 Å². The van der Waals surface area contributed by atoms with E-state index in [-0.39, 0.29) is 5.91 Å². The average molecular weight is 414 g/mol. The summed E-state index contributed by atoms with van der Waals surface area (Å²) < 4.78 is 5.19. The van der Waals surface area contributed by atoms with Crippen LogP contribution in [-0.2, 0) is 11.3 Å². The SMILES string of the molecule is COc1ccc(-c2nc(CN(C)CC(=O)Nc3ccccc3SC)cs2)cc1. The van der Waals surface area contributed by atoms with Crippen molar-refractivity contribution in [3.05, 3.63) is 59.6 Å². The highest BCUT2D eigenvalue weighted by Gasteiger charge is 2.12. The van der Waals surface area contributed by atoms with E-state index in [4.69, 9.17) is 9.72 Å². The van der Waals surface area contributed by atoms with Gasteiger partial charge >= 0.3 is 0 Å². The number of hydrogen-bond donors (Lipinski definition) is 1. The first-order chi connectivity index (χ1) is 13.6. The molecule has 1 heterocycles. The number of carbonyl (C=O) groups is 1. The van der Waals surface area contributed by atoms with Crippen molar-refractivity contribution in [3.63, 3.8) is 0 Å². The quantitative estimate of drug-likeness (QED) is 0.547. The van der Waals surface area contributed by atoms with Gasteiger partial charge in [0.15, 0.2) is 0 Å². The maximum absolute atomic E-state index is 12.4. The number of aromatic nitrogens is 1. The van der Waals surface area contributed by atoms with Crippen LogP contribution in [-0.4, -0.2) is 42.7 Å². The molecule has 5 nitrogen and oxygen atoms in total. The van der Waals surface area contributed by atoms with E-state index in [0.29, 0.717) is 13.1 Å². The van der Waals surface area contributed by atoms with Crippen molar-refractivity contribution in [2.75, 3.05) is 32.3 Å². The molecule has 1 aromatic heterocycles. The number of ether oxygens (including phenoxy) is 1. The molecule has 7 heteroatoms. The zero-order valence-corrected chi connectivity index (χ0v) is 17.8. The Hall–Kier alpha value is -2.35. The van der Waals surface area contributed by atoms with Gasteiger partial charge in [-0.15, -0.1) is 23.1 Å². The van der Waals surface area contributed by atoms with Gasteiger partial charge in [0.25, 0.3) is 0 Å². The van der Waals surface area contributed by atoms with Crippen LogP contribution in [0.1, 0.15) is 5.69 Å². The molecule has 28 heavy (non-hydrogen) atoms. The molecule has 0 aliphatic rings. The molecule has 0 bridgehead atoms. The highest BCUT2D eigenvalue weighted by Crippen LogP contribution is 2.26. The lowest BCUT2D eigenvalue weighted by Gasteiger charge is -2.16. The maximum atomic E-state index is 12.4. The first kappa shape index (κ1) is 20.4. The van der Waals surface area contributed by atoms with Crippen LogP contribution in [0.3, 0.4) is 0 Å². The molecule has 0 fully saturated rings. The maximum Gasteiger partial charge on any atom is 0.238 e. The summed E-state index contributed by atoms with van der Waals surface area (Å²) >= 11 is 3.22. The Balaban J connectivity index is 1.56. The third kappa shape index (κ3) is 5.34. The molecule has 1 amide bonds. The second-order valence-corrected chi connectivity index (χ2v) is 8.00. The molecule has 3 aromatic rings. The number of likely N-dealkylation sites (N-methyl/N-ethyl adjacent to an activating group) is 1. The summed E-state index contributed by atoms with van der Waals surface area (Å²) in [6.45, 7) is 0.919. The minimum absolute atomic E-state index is 0.0328. The molecular formula is C21H23N3O2S2. The lowest BCUT2D eigenvalue weighted by molar-refractivity contribution is -0.117. The fraction of sp³-hybridized carbons (Fsp3) is 0.238. The van der Waals surface area contributed by atoms with E-state index in [0.717, 1.165) is 32.6 Å². The van der Waals surface area contributed by atoms with Gasteiger partial charge in [0, 0.05) is 22.4 Å². The van der Waals surface area contributed by atoms with Crippen LogP contribution < -0.4 is 10.1 Å². The Morgan fingerprint density at radius 1 is 1.21 bits per heavy atom. The van der Waals surface area contributed by atoms with Crippen molar-refractivity contribution in [1.82, 2.24) is 9.88 Å². The normalized spacial score (nSPS) is 10.9. The van der Waals surface area contributed by atoms with Gasteiger partial charge in [-0.2, -0.15) is 0 Å². The Labute approximate surface area is 173 Å². The van der Waals surface area contributed by atoms with Crippen LogP contribution in [0.25, 0.3) is 10.6 Å². The number of nitrogens with one attached hydrogen (secondary N) is 1. The van der Waals surface area contributed by atoms with Crippen LogP contribution in [0.4, 0.5) is 5.69 Å². The number of anilines is 1. The van der Waals surface area contributed by atoms with Crippen molar-refractivity contribution < 1.29 is 9.53 Å². The summed E-state index contributed by atoms with van der Waals surface area (Å²) in [6.07, 6.45) is 2.00. The fourth-order valence-corrected chi connectivity index (χ4v) is 4.13. The zero-order chi connectivity index (χ0) is 19.9. The number of hydrogen-bond acceptors (Lipinski definition) is 6. The van der Waals surface area contributed by atoms with Crippen LogP contribution >= 0.6 is 23.1 Å². The minimum Gasteiger partial charge on any atom is -0.497 e. The number of benzene rings is 2. The van der Waals surface area contributed by atoms with Gasteiger partial charge in [-0.05, 0) is 49.7 Å². The molecule has 3 rings (SSSR count). The van der Waals surface area contributed by atoms with Crippen LogP contribution in [0, 0.1) is 0 Å². The molecule has 0 radical (unpaired) electrons. The lowest BCUT2D eigenvalue weighted by Crippen LogP contribution is -2.30. The molecule has 0 aliphatic carbocycles. The summed E-state index contributed by atoms with van der Waals surface area (Å²) in [6, 6.07) is 15.7. The summed E-state index contributed by atoms with van der Waals surface area (Å²) in [7, 11) is 3.58. The van der Waals surface area contributed by atoms with E-state index >= 15 is 0 Å². The highest BCUT2D eigenvalue weighted by molar-refractivity contribution is 7.98. The molecule has 0 saturated carbocycles. The average Bonchev–Trinajstić information content (AvgIpc) is 3.16. The van der Waals surface area contributed by atoms with E-state index in [1.807, 2.05) is 72.1 Å². The monoisotopic (exact) mass is 413 g/mol. The van der Waals surface area contributed by atoms with Crippen molar-refractivity contribution in [2.45, 2.75) is 11.4 Å². The summed E-state index contributed by atoms with van der Waals surface area (Å²) in [4.78, 5) is 20.1. The van der Waals surface area contributed by atoms with Crippen LogP contribution in [0.5, 0.6) is 5.75 Å². The van der Waals surface area contributed by atoms with E-state index in [1.54, 1.807) is 30.2 Å². The molecule has 2 aromatic carbocycles. The van der Waals surface area contributed by atoms with Gasteiger partial charge in [-0.3, -0.25) is 9.69 Å². The molecule has 146 valence electrons. The predicted octanol–water partition coefficient (Wildman–Crippen LogP) is 4.61. The van der Waals surface area contributed by atoms with Gasteiger partial charge < -0.3 is 10.1 Å². The Bertz CT molecular complexity index is 925. The fourth-order valence-electron chi connectivity index (χ4n) is 2.76. The summed E-state index contributed by atoms with van der Waals surface area (Å²) in [5, 5.41) is 5.99. The summed E-state index contributed by atoms with van der Waals surface area (Å²) in [5.74, 6) is 0.795. The topological polar surface area (TPSA) is 54.5 Å². The van der Waals surface area contributed by atoms with Crippen LogP contribution in [0.2, 0.25) is 0 Å². The number of thioether (sulfide) groups is 1. The zero-order valence-electron chi connectivity index (χ0n) is 16.1. The second kappa shape index (κ2) is 9.73. The van der Waals surface area contributed by atoms with E-state index in [1.165, 1.54) is 0 Å². The lowest BCUT2D eigenvalue weighted by atomic mass is 10.2. The molecule has 0 spiro atoms. The number of carbonyl (C=O) groups excluding carboxylic acids is 1. The van der Waals surface area contributed by atoms with Crippen molar-refractivity contribution in [1.29, 1.82) is 0 Å². The molecule has 0 aliphatic heterocycles. The van der Waals surface area contributed by atoms with Crippen molar-refractivity contribution in [2.24, 2.45) is 0 Å². The summed E-state index contributed by atoms with van der Waals surface area (Å²) in [5.41, 5.74) is 2.87. The molecule has 0 atom stereocenters. The Morgan fingerprint density at radius 2 is 1.96 bits per heavy atom. The third-order valence-corrected chi connectivity index (χ3v) is 5.85. The first-order valence-electron chi connectivity index (χ1n) is 8.79. The Kier molecular flexibility index (Phi) is 7.08. The van der Waals surface area contributed by atoms with E-state index in [9.17, 15) is 4.79 Å². The van der Waals surface area contributed by atoms with Gasteiger partial charge in [0.05, 0.1) is 25.0 Å². The molecular weight excluding hydrogens is 390 g/mol. The van der Waals surface area contributed by atoms with E-state index < -0.39 is 0 Å². The van der Waals surface area contributed by atoms with Crippen molar-refractivity contribution in [3.8, 4) is 16.3 Å². The minimum atomic E-state index is -0.0328.